The van der Waals surface area contributed by atoms with Crippen molar-refractivity contribution in [2.24, 2.45) is 0 Å². The van der Waals surface area contributed by atoms with Gasteiger partial charge in [-0.1, -0.05) is 0 Å². The highest BCUT2D eigenvalue weighted by atomic mass is 32.2. The fourth-order valence-corrected chi connectivity index (χ4v) is 5.23. The molecule has 1 aliphatic rings. The summed E-state index contributed by atoms with van der Waals surface area (Å²) < 4.78 is 56.2. The average Bonchev–Trinajstić information content (AvgIpc) is 3.19. The Hall–Kier alpha value is -3.29. The van der Waals surface area contributed by atoms with Crippen LogP contribution < -0.4 is 15.7 Å². The number of carbonyl (C=O) groups excluding carboxylic acids is 1. The molecule has 1 fully saturated rings. The molecule has 1 saturated heterocycles. The molecular weight excluding hydrogens is 472 g/mol. The minimum absolute atomic E-state index is 0.0135. The molecule has 4 rings (SSSR count). The number of amides is 1. The Balaban J connectivity index is 1.35. The van der Waals surface area contributed by atoms with Crippen LogP contribution in [0.4, 0.5) is 14.5 Å². The van der Waals surface area contributed by atoms with E-state index in [1.54, 1.807) is 6.92 Å². The Kier molecular flexibility index (Phi) is 6.68. The first-order chi connectivity index (χ1) is 16.1. The van der Waals surface area contributed by atoms with E-state index in [-0.39, 0.29) is 29.6 Å². The maximum Gasteiger partial charge on any atom is 0.387 e. The van der Waals surface area contributed by atoms with Gasteiger partial charge in [0.15, 0.2) is 0 Å². The third-order valence-electron chi connectivity index (χ3n) is 5.67. The molecule has 2 heterocycles. The molecule has 0 radical (unpaired) electrons. The van der Waals surface area contributed by atoms with Gasteiger partial charge in [-0.2, -0.15) is 13.1 Å². The summed E-state index contributed by atoms with van der Waals surface area (Å²) in [6.45, 7) is -0.133. The van der Waals surface area contributed by atoms with Gasteiger partial charge in [-0.25, -0.2) is 13.2 Å². The number of H-pyrrole nitrogens is 2. The van der Waals surface area contributed by atoms with Crippen molar-refractivity contribution in [3.8, 4) is 5.75 Å². The number of fused-ring (bicyclic) bond motifs is 1. The van der Waals surface area contributed by atoms with Crippen LogP contribution >= 0.6 is 0 Å². The topological polar surface area (TPSA) is 128 Å². The van der Waals surface area contributed by atoms with Crippen LogP contribution in [-0.2, 0) is 14.8 Å². The molecular formula is C21H23F2N5O5S. The molecule has 10 nitrogen and oxygen atoms in total. The lowest BCUT2D eigenvalue weighted by atomic mass is 10.2. The monoisotopic (exact) mass is 495 g/mol. The summed E-state index contributed by atoms with van der Waals surface area (Å²) in [5.41, 5.74) is 0.939. The van der Waals surface area contributed by atoms with Crippen molar-refractivity contribution in [2.45, 2.75) is 24.5 Å². The van der Waals surface area contributed by atoms with Crippen LogP contribution in [0.15, 0.2) is 52.2 Å². The highest BCUT2D eigenvalue weighted by Gasteiger charge is 2.32. The largest absolute Gasteiger partial charge is 0.435 e. The highest BCUT2D eigenvalue weighted by molar-refractivity contribution is 7.89. The van der Waals surface area contributed by atoms with Crippen LogP contribution in [0.2, 0.25) is 0 Å². The van der Waals surface area contributed by atoms with Crippen molar-refractivity contribution in [1.82, 2.24) is 19.2 Å². The summed E-state index contributed by atoms with van der Waals surface area (Å²) in [5.74, 6) is -0.318. The number of benzene rings is 2. The predicted octanol–water partition coefficient (Wildman–Crippen LogP) is 1.79. The summed E-state index contributed by atoms with van der Waals surface area (Å²) in [6.07, 6.45) is 0. The zero-order chi connectivity index (χ0) is 24.5. The lowest BCUT2D eigenvalue weighted by Gasteiger charge is -2.36. The third-order valence-corrected chi connectivity index (χ3v) is 7.57. The molecule has 13 heteroatoms. The molecule has 1 aromatic heterocycles. The number of nitrogens with zero attached hydrogens (tertiary/aromatic N) is 2. The van der Waals surface area contributed by atoms with Gasteiger partial charge in [-0.05, 0) is 49.4 Å². The second kappa shape index (κ2) is 9.52. The second-order valence-electron chi connectivity index (χ2n) is 7.79. The Bertz CT molecular complexity index is 1330. The van der Waals surface area contributed by atoms with Crippen molar-refractivity contribution >= 4 is 32.7 Å². The minimum atomic E-state index is -3.77. The highest BCUT2D eigenvalue weighted by Crippen LogP contribution is 2.22. The molecule has 2 aromatic carbocycles. The fourth-order valence-electron chi connectivity index (χ4n) is 3.78. The van der Waals surface area contributed by atoms with Gasteiger partial charge in [0.25, 0.3) is 0 Å². The van der Waals surface area contributed by atoms with Gasteiger partial charge < -0.3 is 20.0 Å². The van der Waals surface area contributed by atoms with E-state index in [9.17, 15) is 26.8 Å². The standard InChI is InChI=1S/C21H23F2N5O5S/c1-13(19(29)24-14-2-4-15(5-3-14)33-20(22)23)27-8-10-28(11-9-27)34(31,32)16-6-7-17-18(12-16)26-21(30)25-17/h2-7,12-13,20H,8-11H2,1H3,(H,24,29)(H2,25,26,30)/t13-/m0/s1. The summed E-state index contributed by atoms with van der Waals surface area (Å²) in [4.78, 5) is 31.1. The Morgan fingerprint density at radius 2 is 1.68 bits per heavy atom. The van der Waals surface area contributed by atoms with Gasteiger partial charge in [0.05, 0.1) is 22.0 Å². The fraction of sp³-hybridized carbons (Fsp3) is 0.333. The number of aromatic amines is 2. The molecule has 0 spiro atoms. The number of carbonyl (C=O) groups is 1. The van der Waals surface area contributed by atoms with Crippen molar-refractivity contribution in [3.63, 3.8) is 0 Å². The first-order valence-electron chi connectivity index (χ1n) is 10.5. The molecule has 1 atom stereocenters. The number of nitrogens with one attached hydrogen (secondary N) is 3. The Labute approximate surface area is 193 Å². The van der Waals surface area contributed by atoms with Crippen LogP contribution in [-0.4, -0.2) is 72.3 Å². The predicted molar refractivity (Wildman–Crippen MR) is 120 cm³/mol. The Morgan fingerprint density at radius 3 is 2.32 bits per heavy atom. The normalized spacial score (nSPS) is 16.6. The maximum absolute atomic E-state index is 13.1. The lowest BCUT2D eigenvalue weighted by Crippen LogP contribution is -2.53. The molecule has 1 aliphatic heterocycles. The quantitative estimate of drug-likeness (QED) is 0.459. The van der Waals surface area contributed by atoms with Crippen LogP contribution in [0.3, 0.4) is 0 Å². The summed E-state index contributed by atoms with van der Waals surface area (Å²) in [7, 11) is -3.77. The first-order valence-corrected chi connectivity index (χ1v) is 11.9. The van der Waals surface area contributed by atoms with E-state index in [0.717, 1.165) is 0 Å². The van der Waals surface area contributed by atoms with E-state index in [0.29, 0.717) is 29.8 Å². The van der Waals surface area contributed by atoms with Crippen molar-refractivity contribution < 1.29 is 26.7 Å². The summed E-state index contributed by atoms with van der Waals surface area (Å²) >= 11 is 0. The van der Waals surface area contributed by atoms with E-state index < -0.39 is 28.4 Å². The van der Waals surface area contributed by atoms with Gasteiger partial charge in [-0.15, -0.1) is 0 Å². The zero-order valence-corrected chi connectivity index (χ0v) is 18.9. The molecule has 0 aliphatic carbocycles. The minimum Gasteiger partial charge on any atom is -0.435 e. The lowest BCUT2D eigenvalue weighted by molar-refractivity contribution is -0.121. The number of imidazole rings is 1. The van der Waals surface area contributed by atoms with Crippen LogP contribution in [0.1, 0.15) is 6.92 Å². The van der Waals surface area contributed by atoms with Crippen molar-refractivity contribution in [2.75, 3.05) is 31.5 Å². The van der Waals surface area contributed by atoms with Crippen molar-refractivity contribution in [1.29, 1.82) is 0 Å². The summed E-state index contributed by atoms with van der Waals surface area (Å²) in [6, 6.07) is 9.44. The van der Waals surface area contributed by atoms with E-state index in [1.165, 1.54) is 46.8 Å². The van der Waals surface area contributed by atoms with E-state index >= 15 is 0 Å². The maximum atomic E-state index is 13.1. The second-order valence-corrected chi connectivity index (χ2v) is 9.73. The van der Waals surface area contributed by atoms with Gasteiger partial charge >= 0.3 is 12.3 Å². The van der Waals surface area contributed by atoms with Gasteiger partial charge in [0.2, 0.25) is 15.9 Å². The van der Waals surface area contributed by atoms with E-state index in [1.807, 2.05) is 4.90 Å². The van der Waals surface area contributed by atoms with Gasteiger partial charge in [-0.3, -0.25) is 9.69 Å². The van der Waals surface area contributed by atoms with Gasteiger partial charge in [0, 0.05) is 31.9 Å². The molecule has 3 aromatic rings. The number of aromatic nitrogens is 2. The molecule has 0 unspecified atom stereocenters. The Morgan fingerprint density at radius 1 is 1.03 bits per heavy atom. The number of hydrogen-bond acceptors (Lipinski definition) is 6. The molecule has 1 amide bonds. The SMILES string of the molecule is C[C@@H](C(=O)Nc1ccc(OC(F)F)cc1)N1CCN(S(=O)(=O)c2ccc3[nH]c(=O)[nH]c3c2)CC1. The smallest absolute Gasteiger partial charge is 0.387 e. The number of sulfonamides is 1. The third kappa shape index (κ3) is 5.11. The first kappa shape index (κ1) is 23.9. The number of ether oxygens (including phenoxy) is 1. The molecule has 3 N–H and O–H groups in total. The number of rotatable bonds is 7. The van der Waals surface area contributed by atoms with Crippen LogP contribution in [0, 0.1) is 0 Å². The average molecular weight is 496 g/mol. The van der Waals surface area contributed by atoms with Crippen molar-refractivity contribution in [3.05, 3.63) is 52.9 Å². The molecule has 34 heavy (non-hydrogen) atoms. The number of hydrogen-bond donors (Lipinski definition) is 3. The van der Waals surface area contributed by atoms with Gasteiger partial charge in [0.1, 0.15) is 5.75 Å². The molecule has 0 bridgehead atoms. The summed E-state index contributed by atoms with van der Waals surface area (Å²) in [5, 5.41) is 2.72. The van der Waals surface area contributed by atoms with E-state index in [2.05, 4.69) is 20.0 Å². The number of anilines is 1. The van der Waals surface area contributed by atoms with Crippen LogP contribution in [0.5, 0.6) is 5.75 Å². The molecule has 0 saturated carbocycles. The number of halogens is 2. The number of alkyl halides is 2. The van der Waals surface area contributed by atoms with E-state index in [4.69, 9.17) is 0 Å². The van der Waals surface area contributed by atoms with Crippen LogP contribution in [0.25, 0.3) is 11.0 Å². The molecule has 182 valence electrons. The number of piperazine rings is 1. The zero-order valence-electron chi connectivity index (χ0n) is 18.1.